The van der Waals surface area contributed by atoms with Crippen LogP contribution in [0.5, 0.6) is 17.2 Å². The van der Waals surface area contributed by atoms with Crippen LogP contribution in [0.1, 0.15) is 45.3 Å². The predicted octanol–water partition coefficient (Wildman–Crippen LogP) is 5.02. The third-order valence-electron chi connectivity index (χ3n) is 5.75. The fourth-order valence-corrected chi connectivity index (χ4v) is 4.02. The van der Waals surface area contributed by atoms with Gasteiger partial charge in [0.2, 0.25) is 0 Å². The maximum absolute atomic E-state index is 10.8. The Morgan fingerprint density at radius 2 is 1.17 bits per heavy atom. The van der Waals surface area contributed by atoms with Gasteiger partial charge in [-0.15, -0.1) is 0 Å². The van der Waals surface area contributed by atoms with Crippen molar-refractivity contribution in [3.8, 4) is 17.2 Å². The van der Waals surface area contributed by atoms with Gasteiger partial charge in [0.25, 0.3) is 0 Å². The summed E-state index contributed by atoms with van der Waals surface area (Å²) in [7, 11) is 1.85. The molecular weight excluding hydrogens is 362 g/mol. The molecule has 0 saturated carbocycles. The molecule has 3 aromatic rings. The molecule has 3 aromatic carbocycles. The molecule has 0 aliphatic rings. The molecule has 29 heavy (non-hydrogen) atoms. The van der Waals surface area contributed by atoms with Crippen LogP contribution in [0.2, 0.25) is 0 Å². The van der Waals surface area contributed by atoms with Crippen LogP contribution >= 0.6 is 0 Å². The minimum absolute atomic E-state index is 0.208. The second-order valence-corrected chi connectivity index (χ2v) is 7.69. The van der Waals surface area contributed by atoms with E-state index in [9.17, 15) is 15.3 Å². The van der Waals surface area contributed by atoms with Crippen molar-refractivity contribution < 1.29 is 15.3 Å². The van der Waals surface area contributed by atoms with E-state index in [4.69, 9.17) is 0 Å². The molecule has 2 atom stereocenters. The highest BCUT2D eigenvalue weighted by molar-refractivity contribution is 5.49. The van der Waals surface area contributed by atoms with Gasteiger partial charge < -0.3 is 20.6 Å². The molecule has 0 aromatic heterocycles. The maximum atomic E-state index is 10.8. The van der Waals surface area contributed by atoms with Gasteiger partial charge in [-0.05, 0) is 62.1 Å². The molecule has 0 radical (unpaired) electrons. The molecule has 0 spiro atoms. The van der Waals surface area contributed by atoms with Crippen LogP contribution < -0.4 is 5.32 Å². The molecule has 0 amide bonds. The number of hydrogen-bond donors (Lipinski definition) is 4. The Balaban J connectivity index is 2.17. The Morgan fingerprint density at radius 1 is 0.690 bits per heavy atom. The summed E-state index contributed by atoms with van der Waals surface area (Å²) < 4.78 is 0. The van der Waals surface area contributed by atoms with Crippen molar-refractivity contribution in [2.75, 3.05) is 7.05 Å². The fourth-order valence-electron chi connectivity index (χ4n) is 4.02. The van der Waals surface area contributed by atoms with Gasteiger partial charge in [-0.1, -0.05) is 54.6 Å². The highest BCUT2D eigenvalue weighted by Crippen LogP contribution is 2.43. The number of benzene rings is 3. The lowest BCUT2D eigenvalue weighted by molar-refractivity contribution is 0.401. The van der Waals surface area contributed by atoms with Gasteiger partial charge in [0.1, 0.15) is 17.2 Å². The highest BCUT2D eigenvalue weighted by Gasteiger charge is 2.29. The molecule has 4 nitrogen and oxygen atoms in total. The Hall–Kier alpha value is -2.98. The summed E-state index contributed by atoms with van der Waals surface area (Å²) in [6.07, 6.45) is 0.503. The number of hydrogen-bond acceptors (Lipinski definition) is 4. The third kappa shape index (κ3) is 4.08. The Morgan fingerprint density at radius 3 is 1.76 bits per heavy atom. The van der Waals surface area contributed by atoms with Gasteiger partial charge >= 0.3 is 0 Å². The van der Waals surface area contributed by atoms with Crippen LogP contribution in [-0.4, -0.2) is 22.4 Å². The summed E-state index contributed by atoms with van der Waals surface area (Å²) in [6, 6.07) is 16.9. The van der Waals surface area contributed by atoms with Gasteiger partial charge in [0.05, 0.1) is 0 Å². The van der Waals surface area contributed by atoms with Crippen LogP contribution in [0.3, 0.4) is 0 Å². The minimum atomic E-state index is -0.262. The number of phenolic OH excluding ortho intramolecular Hbond substituents is 3. The first-order chi connectivity index (χ1) is 13.8. The number of phenols is 3. The molecule has 4 N–H and O–H groups in total. The van der Waals surface area contributed by atoms with Gasteiger partial charge in [0.15, 0.2) is 0 Å². The third-order valence-corrected chi connectivity index (χ3v) is 5.75. The summed E-state index contributed by atoms with van der Waals surface area (Å²) in [6.45, 7) is 5.62. The lowest BCUT2D eigenvalue weighted by atomic mass is 9.80. The SMILES string of the molecule is CNC(c1cccc(C)c1O)C(Cc1cccc(C)c1O)c1cccc(C)c1O. The molecule has 0 bridgehead atoms. The maximum Gasteiger partial charge on any atom is 0.123 e. The van der Waals surface area contributed by atoms with Crippen LogP contribution in [0.15, 0.2) is 54.6 Å². The van der Waals surface area contributed by atoms with E-state index >= 15 is 0 Å². The van der Waals surface area contributed by atoms with Crippen LogP contribution in [0, 0.1) is 20.8 Å². The highest BCUT2D eigenvalue weighted by atomic mass is 16.3. The molecule has 0 saturated heterocycles. The molecule has 4 heteroatoms. The van der Waals surface area contributed by atoms with Gasteiger partial charge in [-0.25, -0.2) is 0 Å². The Kier molecular flexibility index (Phi) is 6.14. The monoisotopic (exact) mass is 391 g/mol. The first kappa shape index (κ1) is 20.7. The zero-order valence-corrected chi connectivity index (χ0v) is 17.4. The van der Waals surface area contributed by atoms with E-state index in [0.717, 1.165) is 33.4 Å². The summed E-state index contributed by atoms with van der Waals surface area (Å²) in [5.74, 6) is 0.558. The van der Waals surface area contributed by atoms with E-state index < -0.39 is 0 Å². The topological polar surface area (TPSA) is 72.7 Å². The number of aromatic hydroxyl groups is 3. The van der Waals surface area contributed by atoms with Crippen molar-refractivity contribution in [3.63, 3.8) is 0 Å². The van der Waals surface area contributed by atoms with Crippen molar-refractivity contribution in [3.05, 3.63) is 88.0 Å². The Labute approximate surface area is 172 Å². The molecular formula is C25H29NO3. The standard InChI is InChI=1S/C25H29NO3/c1-15-8-5-11-18(23(15)27)14-21(19-12-6-9-16(2)24(19)28)22(26-4)20-13-7-10-17(3)25(20)29/h5-13,21-22,26-29H,14H2,1-4H3. The summed E-state index contributed by atoms with van der Waals surface area (Å²) >= 11 is 0. The quantitative estimate of drug-likeness (QED) is 0.476. The summed E-state index contributed by atoms with van der Waals surface area (Å²) in [5, 5.41) is 35.5. The van der Waals surface area contributed by atoms with Gasteiger partial charge in [0, 0.05) is 17.5 Å². The number of rotatable bonds is 6. The zero-order valence-electron chi connectivity index (χ0n) is 17.4. The second-order valence-electron chi connectivity index (χ2n) is 7.69. The Bertz CT molecular complexity index is 1010. The number of aryl methyl sites for hydroxylation is 3. The number of para-hydroxylation sites is 3. The lowest BCUT2D eigenvalue weighted by Gasteiger charge is -2.30. The minimum Gasteiger partial charge on any atom is -0.507 e. The smallest absolute Gasteiger partial charge is 0.123 e. The van der Waals surface area contributed by atoms with Crippen molar-refractivity contribution >= 4 is 0 Å². The molecule has 0 aliphatic heterocycles. The van der Waals surface area contributed by atoms with Crippen molar-refractivity contribution in [2.45, 2.75) is 39.2 Å². The number of nitrogens with one attached hydrogen (secondary N) is 1. The van der Waals surface area contributed by atoms with Crippen LogP contribution in [0.25, 0.3) is 0 Å². The van der Waals surface area contributed by atoms with Crippen molar-refractivity contribution in [2.24, 2.45) is 0 Å². The van der Waals surface area contributed by atoms with Gasteiger partial charge in [-0.2, -0.15) is 0 Å². The van der Waals surface area contributed by atoms with E-state index in [1.54, 1.807) is 0 Å². The number of likely N-dealkylation sites (N-methyl/N-ethyl adjacent to an activating group) is 1. The van der Waals surface area contributed by atoms with Crippen LogP contribution in [0.4, 0.5) is 0 Å². The van der Waals surface area contributed by atoms with E-state index in [-0.39, 0.29) is 29.2 Å². The first-order valence-corrected chi connectivity index (χ1v) is 9.86. The largest absolute Gasteiger partial charge is 0.507 e. The first-order valence-electron chi connectivity index (χ1n) is 9.86. The molecule has 0 aliphatic carbocycles. The molecule has 2 unspecified atom stereocenters. The van der Waals surface area contributed by atoms with E-state index in [1.165, 1.54) is 0 Å². The van der Waals surface area contributed by atoms with E-state index in [0.29, 0.717) is 6.42 Å². The zero-order chi connectivity index (χ0) is 21.1. The van der Waals surface area contributed by atoms with E-state index in [2.05, 4.69) is 5.32 Å². The normalized spacial score (nSPS) is 13.2. The second kappa shape index (κ2) is 8.58. The van der Waals surface area contributed by atoms with Gasteiger partial charge in [-0.3, -0.25) is 0 Å². The van der Waals surface area contributed by atoms with Crippen molar-refractivity contribution in [1.29, 1.82) is 0 Å². The molecule has 0 heterocycles. The summed E-state index contributed by atoms with van der Waals surface area (Å²) in [5.41, 5.74) is 4.77. The fraction of sp³-hybridized carbons (Fsp3) is 0.280. The predicted molar refractivity (Wildman–Crippen MR) is 117 cm³/mol. The lowest BCUT2D eigenvalue weighted by Crippen LogP contribution is -2.26. The molecule has 152 valence electrons. The van der Waals surface area contributed by atoms with E-state index in [1.807, 2.05) is 82.4 Å². The summed E-state index contributed by atoms with van der Waals surface area (Å²) in [4.78, 5) is 0. The van der Waals surface area contributed by atoms with Crippen LogP contribution in [-0.2, 0) is 6.42 Å². The van der Waals surface area contributed by atoms with Crippen molar-refractivity contribution in [1.82, 2.24) is 5.32 Å². The molecule has 0 fully saturated rings. The average molecular weight is 392 g/mol. The molecule has 3 rings (SSSR count). The average Bonchev–Trinajstić information content (AvgIpc) is 2.70.